The van der Waals surface area contributed by atoms with E-state index in [1.54, 1.807) is 34.0 Å². The Labute approximate surface area is 168 Å². The van der Waals surface area contributed by atoms with E-state index in [9.17, 15) is 13.2 Å². The molecule has 1 aromatic carbocycles. The maximum Gasteiger partial charge on any atom is 0.274 e. The van der Waals surface area contributed by atoms with E-state index in [4.69, 9.17) is 0 Å². The third-order valence-corrected chi connectivity index (χ3v) is 7.53. The summed E-state index contributed by atoms with van der Waals surface area (Å²) in [7, 11) is -1.30. The van der Waals surface area contributed by atoms with Gasteiger partial charge < -0.3 is 4.90 Å². The quantitative estimate of drug-likeness (QED) is 0.641. The van der Waals surface area contributed by atoms with Crippen molar-refractivity contribution in [1.82, 2.24) is 14.7 Å². The number of rotatable bonds is 5. The number of amides is 1. The van der Waals surface area contributed by atoms with Gasteiger partial charge in [-0.15, -0.1) is 11.3 Å². The van der Waals surface area contributed by atoms with E-state index in [0.717, 1.165) is 16.1 Å². The first-order chi connectivity index (χ1) is 13.4. The van der Waals surface area contributed by atoms with Gasteiger partial charge in [-0.3, -0.25) is 9.48 Å². The van der Waals surface area contributed by atoms with E-state index >= 15 is 0 Å². The number of thiophene rings is 1. The Morgan fingerprint density at radius 2 is 2.04 bits per heavy atom. The summed E-state index contributed by atoms with van der Waals surface area (Å²) in [5.41, 5.74) is 2.18. The molecule has 28 heavy (non-hydrogen) atoms. The molecule has 2 aromatic heterocycles. The molecular formula is C20H21N3O3S2. The van der Waals surface area contributed by atoms with Crippen LogP contribution < -0.4 is 0 Å². The van der Waals surface area contributed by atoms with E-state index in [0.29, 0.717) is 18.7 Å². The van der Waals surface area contributed by atoms with Crippen LogP contribution in [0.1, 0.15) is 28.5 Å². The monoisotopic (exact) mass is 415 g/mol. The van der Waals surface area contributed by atoms with Gasteiger partial charge in [-0.1, -0.05) is 36.4 Å². The van der Waals surface area contributed by atoms with Gasteiger partial charge in [-0.2, -0.15) is 5.10 Å². The highest BCUT2D eigenvalue weighted by atomic mass is 32.2. The average Bonchev–Trinajstić information content (AvgIpc) is 3.40. The summed E-state index contributed by atoms with van der Waals surface area (Å²) in [4.78, 5) is 15.6. The number of sulfone groups is 1. The standard InChI is InChI=1S/C20H21N3O3S2/c1-22(13-15-6-3-2-4-7-15)20(24)17-12-18(19-8-5-10-27-19)23(21-17)16-9-11-28(25,26)14-16/h2-8,10,12,16H,9,11,13-14H2,1H3. The summed E-state index contributed by atoms with van der Waals surface area (Å²) in [5.74, 6) is 0.0559. The first-order valence-corrected chi connectivity index (χ1v) is 11.8. The van der Waals surface area contributed by atoms with E-state index < -0.39 is 9.84 Å². The molecule has 146 valence electrons. The zero-order valence-electron chi connectivity index (χ0n) is 15.5. The van der Waals surface area contributed by atoms with Crippen LogP contribution in [-0.2, 0) is 16.4 Å². The fourth-order valence-electron chi connectivity index (χ4n) is 3.48. The van der Waals surface area contributed by atoms with Crippen molar-refractivity contribution < 1.29 is 13.2 Å². The minimum absolute atomic E-state index is 0.0700. The average molecular weight is 416 g/mol. The number of hydrogen-bond acceptors (Lipinski definition) is 5. The highest BCUT2D eigenvalue weighted by Crippen LogP contribution is 2.32. The molecule has 8 heteroatoms. The van der Waals surface area contributed by atoms with Crippen LogP contribution in [0.3, 0.4) is 0 Å². The molecule has 0 N–H and O–H groups in total. The number of carbonyl (C=O) groups is 1. The van der Waals surface area contributed by atoms with E-state index in [1.165, 1.54) is 0 Å². The van der Waals surface area contributed by atoms with Crippen LogP contribution >= 0.6 is 11.3 Å². The van der Waals surface area contributed by atoms with Crippen molar-refractivity contribution in [1.29, 1.82) is 0 Å². The lowest BCUT2D eigenvalue weighted by Gasteiger charge is -2.16. The van der Waals surface area contributed by atoms with Gasteiger partial charge in [-0.25, -0.2) is 8.42 Å². The molecule has 1 unspecified atom stereocenters. The van der Waals surface area contributed by atoms with Crippen molar-refractivity contribution in [3.63, 3.8) is 0 Å². The Hall–Kier alpha value is -2.45. The normalized spacial score (nSPS) is 18.2. The number of benzene rings is 1. The molecule has 0 bridgehead atoms. The van der Waals surface area contributed by atoms with Crippen LogP contribution in [0.5, 0.6) is 0 Å². The fraction of sp³-hybridized carbons (Fsp3) is 0.300. The van der Waals surface area contributed by atoms with E-state index in [2.05, 4.69) is 5.10 Å². The third kappa shape index (κ3) is 3.88. The van der Waals surface area contributed by atoms with Crippen LogP contribution in [-0.4, -0.2) is 47.6 Å². The predicted molar refractivity (Wildman–Crippen MR) is 110 cm³/mol. The van der Waals surface area contributed by atoms with Crippen LogP contribution in [0.4, 0.5) is 0 Å². The van der Waals surface area contributed by atoms with Crippen LogP contribution in [0.2, 0.25) is 0 Å². The topological polar surface area (TPSA) is 72.3 Å². The second kappa shape index (κ2) is 7.52. The number of hydrogen-bond donors (Lipinski definition) is 0. The number of nitrogens with zero attached hydrogens (tertiary/aromatic N) is 3. The smallest absolute Gasteiger partial charge is 0.274 e. The molecule has 3 aromatic rings. The minimum atomic E-state index is -3.05. The van der Waals surface area contributed by atoms with Crippen LogP contribution in [0.25, 0.3) is 10.6 Å². The van der Waals surface area contributed by atoms with Crippen molar-refractivity contribution in [2.75, 3.05) is 18.6 Å². The molecule has 0 aliphatic carbocycles. The maximum absolute atomic E-state index is 13.0. The van der Waals surface area contributed by atoms with Gasteiger partial charge in [0.05, 0.1) is 28.1 Å². The first-order valence-electron chi connectivity index (χ1n) is 9.06. The number of carbonyl (C=O) groups excluding carboxylic acids is 1. The summed E-state index contributed by atoms with van der Waals surface area (Å²) >= 11 is 1.55. The highest BCUT2D eigenvalue weighted by Gasteiger charge is 2.32. The van der Waals surface area contributed by atoms with Gasteiger partial charge in [-0.05, 0) is 29.5 Å². The molecule has 1 fully saturated rings. The lowest BCUT2D eigenvalue weighted by Crippen LogP contribution is -2.27. The Bertz CT molecular complexity index is 1070. The molecule has 0 spiro atoms. The predicted octanol–water partition coefficient (Wildman–Crippen LogP) is 3.24. The van der Waals surface area contributed by atoms with Crippen molar-refractivity contribution in [2.45, 2.75) is 19.0 Å². The lowest BCUT2D eigenvalue weighted by molar-refractivity contribution is 0.0778. The summed E-state index contributed by atoms with van der Waals surface area (Å²) in [6.07, 6.45) is 0.524. The van der Waals surface area contributed by atoms with Crippen molar-refractivity contribution in [2.24, 2.45) is 0 Å². The Balaban J connectivity index is 1.64. The van der Waals surface area contributed by atoms with Crippen molar-refractivity contribution in [3.8, 4) is 10.6 Å². The molecular weight excluding hydrogens is 394 g/mol. The molecule has 1 atom stereocenters. The Morgan fingerprint density at radius 3 is 2.68 bits per heavy atom. The molecule has 4 rings (SSSR count). The zero-order valence-corrected chi connectivity index (χ0v) is 17.1. The van der Waals surface area contributed by atoms with Gasteiger partial charge in [0.2, 0.25) is 0 Å². The SMILES string of the molecule is CN(Cc1ccccc1)C(=O)c1cc(-c2cccs2)n(C2CCS(=O)(=O)C2)n1. The molecule has 1 amide bonds. The third-order valence-electron chi connectivity index (χ3n) is 4.89. The lowest BCUT2D eigenvalue weighted by atomic mass is 10.2. The Morgan fingerprint density at radius 1 is 1.25 bits per heavy atom. The van der Waals surface area contributed by atoms with Gasteiger partial charge in [0.1, 0.15) is 0 Å². The van der Waals surface area contributed by atoms with Crippen LogP contribution in [0, 0.1) is 0 Å². The number of aromatic nitrogens is 2. The fourth-order valence-corrected chi connectivity index (χ4v) is 5.90. The molecule has 1 saturated heterocycles. The summed E-state index contributed by atoms with van der Waals surface area (Å²) < 4.78 is 25.6. The van der Waals surface area contributed by atoms with Gasteiger partial charge in [0, 0.05) is 13.6 Å². The molecule has 0 radical (unpaired) electrons. The zero-order chi connectivity index (χ0) is 19.7. The molecule has 3 heterocycles. The largest absolute Gasteiger partial charge is 0.336 e. The Kier molecular flexibility index (Phi) is 5.07. The van der Waals surface area contributed by atoms with E-state index in [-0.39, 0.29) is 23.5 Å². The summed E-state index contributed by atoms with van der Waals surface area (Å²) in [6, 6.07) is 15.2. The van der Waals surface area contributed by atoms with Gasteiger partial charge in [0.15, 0.2) is 15.5 Å². The van der Waals surface area contributed by atoms with Crippen molar-refractivity contribution >= 4 is 27.1 Å². The van der Waals surface area contributed by atoms with Gasteiger partial charge >= 0.3 is 0 Å². The van der Waals surface area contributed by atoms with E-state index in [1.807, 2.05) is 47.8 Å². The van der Waals surface area contributed by atoms with Gasteiger partial charge in [0.25, 0.3) is 5.91 Å². The van der Waals surface area contributed by atoms with Crippen molar-refractivity contribution in [3.05, 3.63) is 65.2 Å². The minimum Gasteiger partial charge on any atom is -0.336 e. The maximum atomic E-state index is 13.0. The second-order valence-electron chi connectivity index (χ2n) is 7.04. The molecule has 6 nitrogen and oxygen atoms in total. The summed E-state index contributed by atoms with van der Waals surface area (Å²) in [6.45, 7) is 0.485. The summed E-state index contributed by atoms with van der Waals surface area (Å²) in [5, 5.41) is 6.50. The molecule has 1 aliphatic heterocycles. The second-order valence-corrected chi connectivity index (χ2v) is 10.2. The highest BCUT2D eigenvalue weighted by molar-refractivity contribution is 7.91. The molecule has 0 saturated carbocycles. The van der Waals surface area contributed by atoms with Crippen LogP contribution in [0.15, 0.2) is 53.9 Å². The first kappa shape index (κ1) is 18.9. The molecule has 1 aliphatic rings.